The first-order valence-electron chi connectivity index (χ1n) is 10.7. The maximum atomic E-state index is 13.4. The van der Waals surface area contributed by atoms with E-state index >= 15 is 0 Å². The Labute approximate surface area is 205 Å². The van der Waals surface area contributed by atoms with Crippen LogP contribution in [0.2, 0.25) is 0 Å². The zero-order valence-corrected chi connectivity index (χ0v) is 19.0. The molecule has 0 saturated carbocycles. The van der Waals surface area contributed by atoms with Crippen molar-refractivity contribution in [3.8, 4) is 5.75 Å². The lowest BCUT2D eigenvalue weighted by molar-refractivity contribution is -0.384. The Balaban J connectivity index is 1.67. The van der Waals surface area contributed by atoms with E-state index < -0.39 is 34.6 Å². The fraction of sp³-hybridized carbons (Fsp3) is 0.120. The number of amides is 4. The number of carbonyl (C=O) groups excluding carboxylic acids is 4. The van der Waals surface area contributed by atoms with Crippen LogP contribution < -0.4 is 15.1 Å². The zero-order valence-electron chi connectivity index (χ0n) is 19.0. The molecule has 0 aliphatic carbocycles. The van der Waals surface area contributed by atoms with Crippen molar-refractivity contribution < 1.29 is 28.8 Å². The number of benzene rings is 3. The minimum Gasteiger partial charge on any atom is -0.497 e. The Morgan fingerprint density at radius 1 is 0.972 bits per heavy atom. The topological polar surface area (TPSA) is 139 Å². The van der Waals surface area contributed by atoms with Gasteiger partial charge in [0.25, 0.3) is 23.4 Å². The first kappa shape index (κ1) is 24.1. The number of ether oxygens (including phenoxy) is 1. The molecule has 1 heterocycles. The van der Waals surface area contributed by atoms with Gasteiger partial charge in [-0.25, -0.2) is 9.91 Å². The van der Waals surface area contributed by atoms with Crippen molar-refractivity contribution in [1.29, 1.82) is 0 Å². The quantitative estimate of drug-likeness (QED) is 0.320. The fourth-order valence-electron chi connectivity index (χ4n) is 3.72. The first-order chi connectivity index (χ1) is 17.3. The van der Waals surface area contributed by atoms with Gasteiger partial charge in [-0.1, -0.05) is 18.2 Å². The Morgan fingerprint density at radius 2 is 1.58 bits per heavy atom. The molecule has 11 heteroatoms. The first-order valence-corrected chi connectivity index (χ1v) is 10.7. The fourth-order valence-corrected chi connectivity index (χ4v) is 3.72. The van der Waals surface area contributed by atoms with Gasteiger partial charge in [-0.15, -0.1) is 0 Å². The molecule has 3 aromatic rings. The second-order valence-electron chi connectivity index (χ2n) is 7.77. The van der Waals surface area contributed by atoms with Gasteiger partial charge in [0.2, 0.25) is 5.91 Å². The van der Waals surface area contributed by atoms with Crippen molar-refractivity contribution in [2.24, 2.45) is 0 Å². The molecule has 0 aromatic heterocycles. The lowest BCUT2D eigenvalue weighted by Gasteiger charge is -2.28. The third kappa shape index (κ3) is 4.75. The van der Waals surface area contributed by atoms with Gasteiger partial charge in [-0.3, -0.25) is 34.7 Å². The Kier molecular flexibility index (Phi) is 6.72. The molecule has 4 amide bonds. The molecular weight excluding hydrogens is 468 g/mol. The lowest BCUT2D eigenvalue weighted by atomic mass is 10.1. The summed E-state index contributed by atoms with van der Waals surface area (Å²) in [6.45, 7) is 0. The zero-order chi connectivity index (χ0) is 25.8. The summed E-state index contributed by atoms with van der Waals surface area (Å²) in [5.41, 5.74) is 2.70. The van der Waals surface area contributed by atoms with E-state index in [-0.39, 0.29) is 23.2 Å². The molecule has 0 radical (unpaired) electrons. The summed E-state index contributed by atoms with van der Waals surface area (Å²) in [6, 6.07) is 17.6. The maximum absolute atomic E-state index is 13.4. The molecule has 1 aliphatic rings. The molecule has 11 nitrogen and oxygen atoms in total. The monoisotopic (exact) mass is 488 g/mol. The average molecular weight is 488 g/mol. The predicted molar refractivity (Wildman–Crippen MR) is 127 cm³/mol. The van der Waals surface area contributed by atoms with E-state index in [4.69, 9.17) is 4.74 Å². The Morgan fingerprint density at radius 3 is 2.17 bits per heavy atom. The molecule has 1 aliphatic heterocycles. The van der Waals surface area contributed by atoms with Gasteiger partial charge in [0.15, 0.2) is 0 Å². The number of non-ortho nitro benzene ring substituents is 1. The number of nitro groups is 1. The molecule has 3 aromatic carbocycles. The van der Waals surface area contributed by atoms with E-state index in [1.807, 2.05) is 0 Å². The van der Waals surface area contributed by atoms with Gasteiger partial charge < -0.3 is 4.74 Å². The summed E-state index contributed by atoms with van der Waals surface area (Å²) < 4.78 is 5.08. The van der Waals surface area contributed by atoms with E-state index in [0.717, 1.165) is 22.0 Å². The summed E-state index contributed by atoms with van der Waals surface area (Å²) >= 11 is 0. The van der Waals surface area contributed by atoms with Gasteiger partial charge in [0.1, 0.15) is 11.8 Å². The molecule has 1 unspecified atom stereocenters. The maximum Gasteiger partial charge on any atom is 0.273 e. The molecule has 1 fully saturated rings. The van der Waals surface area contributed by atoms with Gasteiger partial charge in [0, 0.05) is 23.3 Å². The number of carbonyl (C=O) groups is 4. The van der Waals surface area contributed by atoms with Crippen molar-refractivity contribution in [3.05, 3.63) is 100 Å². The number of hydrazine groups is 1. The summed E-state index contributed by atoms with van der Waals surface area (Å²) in [6.07, 6.45) is -0.366. The number of nitrogens with one attached hydrogen (secondary N) is 1. The van der Waals surface area contributed by atoms with Crippen molar-refractivity contribution in [2.75, 3.05) is 12.0 Å². The standard InChI is InChI=1S/C25H20N4O7/c1-36-20-13-9-16(10-14-20)23(31)26-28(24(32)17-7-11-19(12-8-17)29(34)35)21-15-22(30)27(25(21)33)18-5-3-2-4-6-18/h2-14,21H,15H2,1H3,(H,26,31). The largest absolute Gasteiger partial charge is 0.497 e. The molecular formula is C25H20N4O7. The Bertz CT molecular complexity index is 1320. The highest BCUT2D eigenvalue weighted by molar-refractivity contribution is 6.23. The van der Waals surface area contributed by atoms with Crippen LogP contribution in [0.3, 0.4) is 0 Å². The summed E-state index contributed by atoms with van der Waals surface area (Å²) in [7, 11) is 1.47. The van der Waals surface area contributed by atoms with Crippen LogP contribution in [0.1, 0.15) is 27.1 Å². The number of imide groups is 1. The Hall–Kier alpha value is -5.06. The van der Waals surface area contributed by atoms with Gasteiger partial charge in [-0.05, 0) is 48.5 Å². The number of hydrogen-bond acceptors (Lipinski definition) is 7. The van der Waals surface area contributed by atoms with Crippen LogP contribution in [-0.4, -0.2) is 46.7 Å². The van der Waals surface area contributed by atoms with Crippen molar-refractivity contribution in [2.45, 2.75) is 12.5 Å². The molecule has 0 spiro atoms. The van der Waals surface area contributed by atoms with E-state index in [1.165, 1.54) is 31.4 Å². The van der Waals surface area contributed by atoms with Crippen LogP contribution in [0.4, 0.5) is 11.4 Å². The molecule has 1 atom stereocenters. The van der Waals surface area contributed by atoms with E-state index in [0.29, 0.717) is 11.4 Å². The highest BCUT2D eigenvalue weighted by Crippen LogP contribution is 2.26. The second-order valence-corrected chi connectivity index (χ2v) is 7.77. The van der Waals surface area contributed by atoms with Crippen molar-refractivity contribution >= 4 is 35.0 Å². The van der Waals surface area contributed by atoms with Crippen LogP contribution in [-0.2, 0) is 9.59 Å². The molecule has 182 valence electrons. The third-order valence-corrected chi connectivity index (χ3v) is 5.57. The molecule has 1 N–H and O–H groups in total. The number of anilines is 1. The summed E-state index contributed by atoms with van der Waals surface area (Å²) in [5.74, 6) is -2.24. The van der Waals surface area contributed by atoms with Crippen molar-refractivity contribution in [1.82, 2.24) is 10.4 Å². The van der Waals surface area contributed by atoms with E-state index in [9.17, 15) is 29.3 Å². The molecule has 1 saturated heterocycles. The normalized spacial score (nSPS) is 14.9. The molecule has 4 rings (SSSR count). The number of hydrogen-bond donors (Lipinski definition) is 1. The number of rotatable bonds is 6. The van der Waals surface area contributed by atoms with Crippen LogP contribution >= 0.6 is 0 Å². The number of methoxy groups -OCH3 is 1. The average Bonchev–Trinajstić information content (AvgIpc) is 3.20. The van der Waals surface area contributed by atoms with Crippen LogP contribution in [0, 0.1) is 10.1 Å². The minimum atomic E-state index is -1.33. The van der Waals surface area contributed by atoms with Crippen LogP contribution in [0.5, 0.6) is 5.75 Å². The van der Waals surface area contributed by atoms with Crippen molar-refractivity contribution in [3.63, 3.8) is 0 Å². The number of nitro benzene ring substituents is 1. The highest BCUT2D eigenvalue weighted by Gasteiger charge is 2.45. The summed E-state index contributed by atoms with van der Waals surface area (Å²) in [4.78, 5) is 63.8. The van der Waals surface area contributed by atoms with Gasteiger partial charge in [-0.2, -0.15) is 0 Å². The van der Waals surface area contributed by atoms with Crippen LogP contribution in [0.25, 0.3) is 0 Å². The van der Waals surface area contributed by atoms with Gasteiger partial charge >= 0.3 is 0 Å². The predicted octanol–water partition coefficient (Wildman–Crippen LogP) is 2.72. The number of nitrogens with zero attached hydrogens (tertiary/aromatic N) is 3. The lowest BCUT2D eigenvalue weighted by Crippen LogP contribution is -2.54. The smallest absolute Gasteiger partial charge is 0.273 e. The van der Waals surface area contributed by atoms with Crippen LogP contribution in [0.15, 0.2) is 78.9 Å². The summed E-state index contributed by atoms with van der Waals surface area (Å²) in [5, 5.41) is 11.8. The second kappa shape index (κ2) is 10.1. The third-order valence-electron chi connectivity index (χ3n) is 5.57. The minimum absolute atomic E-state index is 0.0194. The van der Waals surface area contributed by atoms with Gasteiger partial charge in [0.05, 0.1) is 24.1 Å². The van der Waals surface area contributed by atoms with E-state index in [2.05, 4.69) is 5.43 Å². The SMILES string of the molecule is COc1ccc(C(=O)NN(C(=O)c2ccc([N+](=O)[O-])cc2)C2CC(=O)N(c3ccccc3)C2=O)cc1. The molecule has 36 heavy (non-hydrogen) atoms. The molecule has 0 bridgehead atoms. The highest BCUT2D eigenvalue weighted by atomic mass is 16.6. The number of para-hydroxylation sites is 1. The van der Waals surface area contributed by atoms with E-state index in [1.54, 1.807) is 42.5 Å².